The number of likely N-dealkylation sites (tertiary alicyclic amines) is 2. The molecule has 4 rings (SSSR count). The zero-order valence-corrected chi connectivity index (χ0v) is 13.7. The number of hydrogen-bond donors (Lipinski definition) is 0. The Morgan fingerprint density at radius 2 is 1.96 bits per heavy atom. The zero-order valence-electron chi connectivity index (χ0n) is 13.7. The van der Waals surface area contributed by atoms with Crippen LogP contribution in [0.15, 0.2) is 40.8 Å². The maximum absolute atomic E-state index is 13.9. The normalized spacial score (nSPS) is 23.7. The summed E-state index contributed by atoms with van der Waals surface area (Å²) in [7, 11) is 0. The number of furan rings is 1. The maximum atomic E-state index is 13.9. The second kappa shape index (κ2) is 6.06. The molecule has 3 heterocycles. The van der Waals surface area contributed by atoms with E-state index in [4.69, 9.17) is 4.42 Å². The number of hydrogen-bond acceptors (Lipinski definition) is 3. The van der Waals surface area contributed by atoms with E-state index in [1.54, 1.807) is 18.2 Å². The van der Waals surface area contributed by atoms with Gasteiger partial charge < -0.3 is 9.32 Å². The molecule has 2 atom stereocenters. The number of rotatable bonds is 3. The van der Waals surface area contributed by atoms with Gasteiger partial charge in [-0.1, -0.05) is 12.1 Å². The van der Waals surface area contributed by atoms with Crippen LogP contribution in [0.3, 0.4) is 0 Å². The molecule has 0 aliphatic carbocycles. The molecule has 0 N–H and O–H groups in total. The van der Waals surface area contributed by atoms with Crippen molar-refractivity contribution in [3.63, 3.8) is 0 Å². The number of carbonyl (C=O) groups is 1. The van der Waals surface area contributed by atoms with Crippen LogP contribution in [-0.2, 0) is 6.54 Å². The first-order valence-corrected chi connectivity index (χ1v) is 8.48. The van der Waals surface area contributed by atoms with Crippen LogP contribution in [0.2, 0.25) is 0 Å². The second-order valence-electron chi connectivity index (χ2n) is 6.67. The van der Waals surface area contributed by atoms with Crippen LogP contribution in [0.5, 0.6) is 0 Å². The summed E-state index contributed by atoms with van der Waals surface area (Å²) in [6, 6.07) is 10.8. The van der Waals surface area contributed by atoms with Gasteiger partial charge in [-0.3, -0.25) is 9.69 Å². The van der Waals surface area contributed by atoms with Gasteiger partial charge in [-0.25, -0.2) is 4.39 Å². The summed E-state index contributed by atoms with van der Waals surface area (Å²) in [4.78, 5) is 17.0. The standard InChI is InChI=1S/C19H21FN2O2/c1-13-6-7-14(24-13)12-21-10-8-18-17(21)9-11-22(18)19(23)15-4-2-3-5-16(15)20/h2-7,17-18H,8-12H2,1H3/t17-,18+/m0/s1. The van der Waals surface area contributed by atoms with Crippen LogP contribution in [0.1, 0.15) is 34.7 Å². The molecule has 2 fully saturated rings. The van der Waals surface area contributed by atoms with E-state index in [1.807, 2.05) is 24.0 Å². The third-order valence-electron chi connectivity index (χ3n) is 5.21. The highest BCUT2D eigenvalue weighted by atomic mass is 19.1. The van der Waals surface area contributed by atoms with Crippen LogP contribution in [0, 0.1) is 12.7 Å². The number of carbonyl (C=O) groups excluding carboxylic acids is 1. The van der Waals surface area contributed by atoms with E-state index in [0.29, 0.717) is 12.6 Å². The molecule has 1 aromatic carbocycles. The summed E-state index contributed by atoms with van der Waals surface area (Å²) in [6.07, 6.45) is 1.87. The molecule has 0 unspecified atom stereocenters. The Kier molecular flexibility index (Phi) is 3.88. The Balaban J connectivity index is 1.48. The van der Waals surface area contributed by atoms with Gasteiger partial charge in [0.15, 0.2) is 0 Å². The van der Waals surface area contributed by atoms with E-state index in [2.05, 4.69) is 4.90 Å². The van der Waals surface area contributed by atoms with E-state index in [1.165, 1.54) is 6.07 Å². The predicted octanol–water partition coefficient (Wildman–Crippen LogP) is 3.22. The number of aryl methyl sites for hydroxylation is 1. The highest BCUT2D eigenvalue weighted by Crippen LogP contribution is 2.34. The molecule has 4 nitrogen and oxygen atoms in total. The summed E-state index contributed by atoms with van der Waals surface area (Å²) in [5, 5.41) is 0. The fourth-order valence-electron chi connectivity index (χ4n) is 4.08. The first kappa shape index (κ1) is 15.4. The predicted molar refractivity (Wildman–Crippen MR) is 88.1 cm³/mol. The number of amides is 1. The minimum absolute atomic E-state index is 0.174. The highest BCUT2D eigenvalue weighted by Gasteiger charge is 2.44. The molecule has 5 heteroatoms. The first-order valence-electron chi connectivity index (χ1n) is 8.48. The molecule has 2 aromatic rings. The van der Waals surface area contributed by atoms with E-state index in [-0.39, 0.29) is 17.5 Å². The summed E-state index contributed by atoms with van der Waals surface area (Å²) in [6.45, 7) is 4.35. The van der Waals surface area contributed by atoms with E-state index in [9.17, 15) is 9.18 Å². The van der Waals surface area contributed by atoms with Crippen molar-refractivity contribution in [3.8, 4) is 0 Å². The van der Waals surface area contributed by atoms with Gasteiger partial charge in [0.1, 0.15) is 17.3 Å². The molecule has 0 saturated carbocycles. The average Bonchev–Trinajstić information content (AvgIpc) is 3.25. The molecule has 2 aliphatic rings. The molecular weight excluding hydrogens is 307 g/mol. The van der Waals surface area contributed by atoms with Crippen molar-refractivity contribution < 1.29 is 13.6 Å². The molecule has 2 saturated heterocycles. The van der Waals surface area contributed by atoms with Crippen LogP contribution < -0.4 is 0 Å². The fraction of sp³-hybridized carbons (Fsp3) is 0.421. The topological polar surface area (TPSA) is 36.7 Å². The Morgan fingerprint density at radius 1 is 1.17 bits per heavy atom. The molecule has 2 aliphatic heterocycles. The highest BCUT2D eigenvalue weighted by molar-refractivity contribution is 5.95. The Hall–Kier alpha value is -2.14. The maximum Gasteiger partial charge on any atom is 0.257 e. The van der Waals surface area contributed by atoms with Crippen LogP contribution in [0.4, 0.5) is 4.39 Å². The largest absolute Gasteiger partial charge is 0.465 e. The second-order valence-corrected chi connectivity index (χ2v) is 6.67. The van der Waals surface area contributed by atoms with Gasteiger partial charge in [-0.05, 0) is 44.0 Å². The number of nitrogens with zero attached hydrogens (tertiary/aromatic N) is 2. The third-order valence-corrected chi connectivity index (χ3v) is 5.21. The lowest BCUT2D eigenvalue weighted by atomic mass is 10.1. The molecule has 1 amide bonds. The van der Waals surface area contributed by atoms with E-state index in [0.717, 1.165) is 37.5 Å². The molecule has 0 bridgehead atoms. The van der Waals surface area contributed by atoms with Crippen molar-refractivity contribution in [2.45, 2.75) is 38.4 Å². The lowest BCUT2D eigenvalue weighted by Gasteiger charge is -2.25. The molecule has 24 heavy (non-hydrogen) atoms. The minimum Gasteiger partial charge on any atom is -0.465 e. The van der Waals surface area contributed by atoms with Crippen LogP contribution in [-0.4, -0.2) is 40.9 Å². The van der Waals surface area contributed by atoms with Crippen LogP contribution >= 0.6 is 0 Å². The van der Waals surface area contributed by atoms with Crippen molar-refractivity contribution in [2.24, 2.45) is 0 Å². The fourth-order valence-corrected chi connectivity index (χ4v) is 4.08. The van der Waals surface area contributed by atoms with Crippen molar-refractivity contribution >= 4 is 5.91 Å². The molecular formula is C19H21FN2O2. The first-order chi connectivity index (χ1) is 11.6. The lowest BCUT2D eigenvalue weighted by Crippen LogP contribution is -2.39. The SMILES string of the molecule is Cc1ccc(CN2CC[C@@H]3[C@@H]2CCN3C(=O)c2ccccc2F)o1. The average molecular weight is 328 g/mol. The molecule has 1 aromatic heterocycles. The Bertz CT molecular complexity index is 757. The van der Waals surface area contributed by atoms with Crippen molar-refractivity contribution in [1.82, 2.24) is 9.80 Å². The Morgan fingerprint density at radius 3 is 2.71 bits per heavy atom. The van der Waals surface area contributed by atoms with Gasteiger partial charge in [-0.15, -0.1) is 0 Å². The summed E-state index contributed by atoms with van der Waals surface area (Å²) in [5.74, 6) is 1.26. The lowest BCUT2D eigenvalue weighted by molar-refractivity contribution is 0.0727. The summed E-state index contributed by atoms with van der Waals surface area (Å²) < 4.78 is 19.6. The molecule has 0 radical (unpaired) electrons. The molecule has 126 valence electrons. The van der Waals surface area contributed by atoms with Crippen molar-refractivity contribution in [1.29, 1.82) is 0 Å². The monoisotopic (exact) mass is 328 g/mol. The minimum atomic E-state index is -0.438. The summed E-state index contributed by atoms with van der Waals surface area (Å²) >= 11 is 0. The molecule has 0 spiro atoms. The van der Waals surface area contributed by atoms with Crippen molar-refractivity contribution in [3.05, 3.63) is 59.3 Å². The number of halogens is 1. The number of benzene rings is 1. The van der Waals surface area contributed by atoms with Gasteiger partial charge in [0.25, 0.3) is 5.91 Å². The Labute approximate surface area is 140 Å². The smallest absolute Gasteiger partial charge is 0.257 e. The van der Waals surface area contributed by atoms with E-state index >= 15 is 0 Å². The van der Waals surface area contributed by atoms with Crippen molar-refractivity contribution in [2.75, 3.05) is 13.1 Å². The van der Waals surface area contributed by atoms with Crippen LogP contribution in [0.25, 0.3) is 0 Å². The van der Waals surface area contributed by atoms with Gasteiger partial charge >= 0.3 is 0 Å². The summed E-state index contributed by atoms with van der Waals surface area (Å²) in [5.41, 5.74) is 0.179. The third kappa shape index (κ3) is 2.63. The van der Waals surface area contributed by atoms with Gasteiger partial charge in [0, 0.05) is 25.2 Å². The van der Waals surface area contributed by atoms with Gasteiger partial charge in [0.05, 0.1) is 12.1 Å². The van der Waals surface area contributed by atoms with Gasteiger partial charge in [0.2, 0.25) is 0 Å². The zero-order chi connectivity index (χ0) is 16.7. The van der Waals surface area contributed by atoms with E-state index < -0.39 is 5.82 Å². The quantitative estimate of drug-likeness (QED) is 0.868. The van der Waals surface area contributed by atoms with Gasteiger partial charge in [-0.2, -0.15) is 0 Å². The number of fused-ring (bicyclic) bond motifs is 1.